The Morgan fingerprint density at radius 3 is 2.40 bits per heavy atom. The molecule has 0 saturated carbocycles. The van der Waals surface area contributed by atoms with Crippen LogP contribution in [0.25, 0.3) is 0 Å². The van der Waals surface area contributed by atoms with E-state index in [1.165, 1.54) is 0 Å². The van der Waals surface area contributed by atoms with Gasteiger partial charge in [0.25, 0.3) is 5.91 Å². The Kier molecular flexibility index (Phi) is 7.07. The Morgan fingerprint density at radius 1 is 1.12 bits per heavy atom. The summed E-state index contributed by atoms with van der Waals surface area (Å²) in [6, 6.07) is 12.3. The average molecular weight is 472 g/mol. The molecule has 0 spiro atoms. The maximum atomic E-state index is 12.2. The van der Waals surface area contributed by atoms with E-state index in [2.05, 4.69) is 38.5 Å². The normalized spacial score (nSPS) is 10.4. The summed E-state index contributed by atoms with van der Waals surface area (Å²) in [6.45, 7) is 4.19. The molecule has 7 heteroatoms. The van der Waals surface area contributed by atoms with Crippen LogP contribution in [-0.2, 0) is 6.54 Å². The van der Waals surface area contributed by atoms with Gasteiger partial charge in [-0.1, -0.05) is 23.7 Å². The summed E-state index contributed by atoms with van der Waals surface area (Å²) in [5.41, 5.74) is 2.22. The monoisotopic (exact) mass is 471 g/mol. The lowest BCUT2D eigenvalue weighted by molar-refractivity contribution is 0.0950. The second-order valence-electron chi connectivity index (χ2n) is 5.76. The zero-order chi connectivity index (χ0) is 18.4. The number of anilines is 1. The fourth-order valence-corrected chi connectivity index (χ4v) is 3.20. The van der Waals surface area contributed by atoms with Gasteiger partial charge in [-0.15, -0.1) is 0 Å². The Labute approximate surface area is 165 Å². The molecule has 0 aliphatic heterocycles. The number of hydrogen-bond acceptors (Lipinski definition) is 2. The Bertz CT molecular complexity index is 763. The molecule has 0 radical (unpaired) electrons. The van der Waals surface area contributed by atoms with Crippen LogP contribution in [0.3, 0.4) is 0 Å². The molecule has 0 aliphatic carbocycles. The van der Waals surface area contributed by atoms with E-state index in [9.17, 15) is 9.59 Å². The topological polar surface area (TPSA) is 70.2 Å². The molecular weight excluding hydrogens is 453 g/mol. The molecular formula is C18H19ClIN3O2. The van der Waals surface area contributed by atoms with Crippen molar-refractivity contribution in [3.05, 3.63) is 62.2 Å². The molecule has 2 aromatic rings. The molecule has 0 saturated heterocycles. The van der Waals surface area contributed by atoms with Gasteiger partial charge in [0.15, 0.2) is 0 Å². The van der Waals surface area contributed by atoms with E-state index in [0.29, 0.717) is 22.8 Å². The SMILES string of the molecule is CC(C)NC(=O)Nc1ccc(CNC(=O)c2ccc(Cl)cc2I)cc1. The lowest BCUT2D eigenvalue weighted by Gasteiger charge is -2.11. The fourth-order valence-electron chi connectivity index (χ4n) is 2.09. The number of urea groups is 1. The predicted octanol–water partition coefficient (Wildman–Crippen LogP) is 4.40. The maximum Gasteiger partial charge on any atom is 0.319 e. The number of rotatable bonds is 5. The van der Waals surface area contributed by atoms with Gasteiger partial charge in [-0.2, -0.15) is 0 Å². The molecule has 5 nitrogen and oxygen atoms in total. The van der Waals surface area contributed by atoms with Crippen LogP contribution in [0.5, 0.6) is 0 Å². The van der Waals surface area contributed by atoms with E-state index < -0.39 is 0 Å². The Hall–Kier alpha value is -1.80. The quantitative estimate of drug-likeness (QED) is 0.566. The molecule has 2 aromatic carbocycles. The number of amides is 3. The summed E-state index contributed by atoms with van der Waals surface area (Å²) >= 11 is 7.99. The molecule has 0 bridgehead atoms. The zero-order valence-corrected chi connectivity index (χ0v) is 16.8. The van der Waals surface area contributed by atoms with Gasteiger partial charge in [-0.3, -0.25) is 4.79 Å². The van der Waals surface area contributed by atoms with Crippen LogP contribution in [-0.4, -0.2) is 18.0 Å². The maximum absolute atomic E-state index is 12.2. The largest absolute Gasteiger partial charge is 0.348 e. The first-order valence-electron chi connectivity index (χ1n) is 7.75. The Morgan fingerprint density at radius 2 is 1.80 bits per heavy atom. The van der Waals surface area contributed by atoms with Crippen LogP contribution in [0.1, 0.15) is 29.8 Å². The van der Waals surface area contributed by atoms with Crippen molar-refractivity contribution >= 4 is 51.8 Å². The number of nitrogens with one attached hydrogen (secondary N) is 3. The van der Waals surface area contributed by atoms with E-state index >= 15 is 0 Å². The third-order valence-electron chi connectivity index (χ3n) is 3.26. The summed E-state index contributed by atoms with van der Waals surface area (Å²) < 4.78 is 0.804. The molecule has 3 amide bonds. The standard InChI is InChI=1S/C18H19ClIN3O2/c1-11(2)22-18(25)23-14-6-3-12(4-7-14)10-21-17(24)15-8-5-13(19)9-16(15)20/h3-9,11H,10H2,1-2H3,(H,21,24)(H2,22,23,25). The van der Waals surface area contributed by atoms with Crippen LogP contribution in [0.2, 0.25) is 5.02 Å². The predicted molar refractivity (Wildman–Crippen MR) is 109 cm³/mol. The lowest BCUT2D eigenvalue weighted by atomic mass is 10.2. The Balaban J connectivity index is 1.91. The highest BCUT2D eigenvalue weighted by Gasteiger charge is 2.10. The van der Waals surface area contributed by atoms with Gasteiger partial charge < -0.3 is 16.0 Å². The van der Waals surface area contributed by atoms with Crippen LogP contribution < -0.4 is 16.0 Å². The first-order chi connectivity index (χ1) is 11.8. The summed E-state index contributed by atoms with van der Waals surface area (Å²) in [6.07, 6.45) is 0. The van der Waals surface area contributed by atoms with Crippen molar-refractivity contribution in [2.45, 2.75) is 26.4 Å². The van der Waals surface area contributed by atoms with Gasteiger partial charge in [-0.25, -0.2) is 4.79 Å². The highest BCUT2D eigenvalue weighted by atomic mass is 127. The summed E-state index contributed by atoms with van der Waals surface area (Å²) in [7, 11) is 0. The number of carbonyl (C=O) groups is 2. The number of hydrogen-bond donors (Lipinski definition) is 3. The molecule has 0 unspecified atom stereocenters. The first-order valence-corrected chi connectivity index (χ1v) is 9.20. The number of halogens is 2. The highest BCUT2D eigenvalue weighted by molar-refractivity contribution is 14.1. The first kappa shape index (κ1) is 19.5. The lowest BCUT2D eigenvalue weighted by Crippen LogP contribution is -2.34. The van der Waals surface area contributed by atoms with Gasteiger partial charge in [0.05, 0.1) is 5.56 Å². The molecule has 0 fully saturated rings. The minimum Gasteiger partial charge on any atom is -0.348 e. The molecule has 25 heavy (non-hydrogen) atoms. The van der Waals surface area contributed by atoms with Crippen molar-refractivity contribution in [3.8, 4) is 0 Å². The molecule has 132 valence electrons. The van der Waals surface area contributed by atoms with Crippen LogP contribution in [0.4, 0.5) is 10.5 Å². The molecule has 0 aromatic heterocycles. The third-order valence-corrected chi connectivity index (χ3v) is 4.39. The molecule has 0 heterocycles. The summed E-state index contributed by atoms with van der Waals surface area (Å²) in [5.74, 6) is -0.153. The fraction of sp³-hybridized carbons (Fsp3) is 0.222. The molecule has 0 atom stereocenters. The van der Waals surface area contributed by atoms with Crippen molar-refractivity contribution < 1.29 is 9.59 Å². The van der Waals surface area contributed by atoms with Crippen LogP contribution in [0.15, 0.2) is 42.5 Å². The van der Waals surface area contributed by atoms with Crippen LogP contribution in [0, 0.1) is 3.57 Å². The summed E-state index contributed by atoms with van der Waals surface area (Å²) in [4.78, 5) is 23.9. The van der Waals surface area contributed by atoms with Crippen molar-refractivity contribution in [1.82, 2.24) is 10.6 Å². The van der Waals surface area contributed by atoms with E-state index in [1.54, 1.807) is 30.3 Å². The van der Waals surface area contributed by atoms with Crippen molar-refractivity contribution in [1.29, 1.82) is 0 Å². The van der Waals surface area contributed by atoms with E-state index in [-0.39, 0.29) is 18.0 Å². The smallest absolute Gasteiger partial charge is 0.319 e. The van der Waals surface area contributed by atoms with Gasteiger partial charge >= 0.3 is 6.03 Å². The molecule has 0 aliphatic rings. The number of benzene rings is 2. The van der Waals surface area contributed by atoms with Crippen molar-refractivity contribution in [2.24, 2.45) is 0 Å². The van der Waals surface area contributed by atoms with Gasteiger partial charge in [-0.05, 0) is 72.3 Å². The van der Waals surface area contributed by atoms with Crippen molar-refractivity contribution in [3.63, 3.8) is 0 Å². The van der Waals surface area contributed by atoms with Gasteiger partial charge in [0.1, 0.15) is 0 Å². The third kappa shape index (κ3) is 6.21. The van der Waals surface area contributed by atoms with E-state index in [4.69, 9.17) is 11.6 Å². The van der Waals surface area contributed by atoms with E-state index in [0.717, 1.165) is 9.13 Å². The van der Waals surface area contributed by atoms with Crippen LogP contribution >= 0.6 is 34.2 Å². The molecule has 2 rings (SSSR count). The summed E-state index contributed by atoms with van der Waals surface area (Å²) in [5, 5.41) is 8.99. The minimum atomic E-state index is -0.242. The van der Waals surface area contributed by atoms with Crippen molar-refractivity contribution in [2.75, 3.05) is 5.32 Å². The van der Waals surface area contributed by atoms with Gasteiger partial charge in [0, 0.05) is 26.9 Å². The second-order valence-corrected chi connectivity index (χ2v) is 7.36. The van der Waals surface area contributed by atoms with Gasteiger partial charge in [0.2, 0.25) is 0 Å². The zero-order valence-electron chi connectivity index (χ0n) is 13.9. The molecule has 3 N–H and O–H groups in total. The number of carbonyl (C=O) groups excluding carboxylic acids is 2. The average Bonchev–Trinajstić information content (AvgIpc) is 2.53. The second kappa shape index (κ2) is 9.05. The minimum absolute atomic E-state index is 0.0742. The highest BCUT2D eigenvalue weighted by Crippen LogP contribution is 2.18. The van der Waals surface area contributed by atoms with E-state index in [1.807, 2.05) is 26.0 Å².